The van der Waals surface area contributed by atoms with Crippen molar-refractivity contribution in [3.8, 4) is 16.9 Å². The largest absolute Gasteiger partial charge is 0.496 e. The lowest BCUT2D eigenvalue weighted by Crippen LogP contribution is -2.46. The van der Waals surface area contributed by atoms with E-state index < -0.39 is 0 Å². The molecule has 1 aliphatic rings. The van der Waals surface area contributed by atoms with Crippen LogP contribution in [0, 0.1) is 6.92 Å². The number of aliphatic hydroxyl groups excluding tert-OH is 1. The number of benzene rings is 2. The Balaban J connectivity index is 1.62. The van der Waals surface area contributed by atoms with E-state index in [0.717, 1.165) is 78.4 Å². The molecule has 2 aromatic carbocycles. The molecule has 1 saturated heterocycles. The lowest BCUT2D eigenvalue weighted by molar-refractivity contribution is 0.108. The smallest absolute Gasteiger partial charge is 0.135 e. The molecule has 0 saturated carbocycles. The minimum Gasteiger partial charge on any atom is -0.496 e. The molecule has 5 nitrogen and oxygen atoms in total. The van der Waals surface area contributed by atoms with E-state index in [-0.39, 0.29) is 6.61 Å². The second-order valence-corrected chi connectivity index (χ2v) is 7.40. The molecule has 0 spiro atoms. The van der Waals surface area contributed by atoms with Gasteiger partial charge in [0, 0.05) is 55.8 Å². The van der Waals surface area contributed by atoms with E-state index in [0.29, 0.717) is 0 Å². The van der Waals surface area contributed by atoms with Crippen molar-refractivity contribution < 1.29 is 14.3 Å². The van der Waals surface area contributed by atoms with Crippen LogP contribution in [0.1, 0.15) is 11.3 Å². The lowest BCUT2D eigenvalue weighted by Gasteiger charge is -2.34. The maximum Gasteiger partial charge on any atom is 0.135 e. The monoisotopic (exact) mass is 380 g/mol. The van der Waals surface area contributed by atoms with Crippen molar-refractivity contribution in [3.63, 3.8) is 0 Å². The van der Waals surface area contributed by atoms with Crippen LogP contribution in [0.3, 0.4) is 0 Å². The van der Waals surface area contributed by atoms with Crippen molar-refractivity contribution in [1.82, 2.24) is 9.80 Å². The number of β-amino-alcohol motifs (C(OH)–C–C–N with tert-alkyl or cyclic N) is 1. The first-order chi connectivity index (χ1) is 13.7. The van der Waals surface area contributed by atoms with Crippen LogP contribution in [0.25, 0.3) is 22.1 Å². The van der Waals surface area contributed by atoms with Crippen LogP contribution in [0.2, 0.25) is 0 Å². The Morgan fingerprint density at radius 3 is 2.43 bits per heavy atom. The molecule has 148 valence electrons. The molecule has 3 aromatic rings. The van der Waals surface area contributed by atoms with E-state index in [4.69, 9.17) is 14.3 Å². The number of rotatable bonds is 6. The molecule has 2 heterocycles. The van der Waals surface area contributed by atoms with Crippen molar-refractivity contribution in [3.05, 3.63) is 53.8 Å². The van der Waals surface area contributed by atoms with Crippen LogP contribution in [0.15, 0.2) is 46.9 Å². The quantitative estimate of drug-likeness (QED) is 0.709. The van der Waals surface area contributed by atoms with E-state index in [1.54, 1.807) is 7.11 Å². The highest BCUT2D eigenvalue weighted by atomic mass is 16.5. The van der Waals surface area contributed by atoms with Crippen LogP contribution >= 0.6 is 0 Å². The summed E-state index contributed by atoms with van der Waals surface area (Å²) in [6.45, 7) is 7.82. The molecule has 0 atom stereocenters. The Morgan fingerprint density at radius 2 is 1.75 bits per heavy atom. The Kier molecular flexibility index (Phi) is 5.67. The van der Waals surface area contributed by atoms with Crippen LogP contribution in [-0.4, -0.2) is 61.3 Å². The van der Waals surface area contributed by atoms with E-state index in [2.05, 4.69) is 46.2 Å². The summed E-state index contributed by atoms with van der Waals surface area (Å²) >= 11 is 0. The third kappa shape index (κ3) is 3.78. The number of piperazine rings is 1. The van der Waals surface area contributed by atoms with Crippen LogP contribution in [0.4, 0.5) is 0 Å². The number of aliphatic hydroxyl groups is 1. The first-order valence-corrected chi connectivity index (χ1v) is 9.90. The van der Waals surface area contributed by atoms with E-state index >= 15 is 0 Å². The summed E-state index contributed by atoms with van der Waals surface area (Å²) in [6, 6.07) is 14.6. The minimum absolute atomic E-state index is 0.228. The first-order valence-electron chi connectivity index (χ1n) is 9.90. The van der Waals surface area contributed by atoms with Gasteiger partial charge in [0.15, 0.2) is 0 Å². The molecule has 1 fully saturated rings. The number of fused-ring (bicyclic) bond motifs is 1. The molecule has 1 aliphatic heterocycles. The number of hydrogen-bond acceptors (Lipinski definition) is 5. The van der Waals surface area contributed by atoms with Gasteiger partial charge in [-0.3, -0.25) is 9.80 Å². The average Bonchev–Trinajstić information content (AvgIpc) is 3.04. The summed E-state index contributed by atoms with van der Waals surface area (Å²) in [5.41, 5.74) is 4.36. The predicted molar refractivity (Wildman–Crippen MR) is 112 cm³/mol. The summed E-state index contributed by atoms with van der Waals surface area (Å²) in [6.07, 6.45) is 0. The molecular formula is C23H28N2O3. The van der Waals surface area contributed by atoms with Gasteiger partial charge in [0.2, 0.25) is 0 Å². The second-order valence-electron chi connectivity index (χ2n) is 7.40. The van der Waals surface area contributed by atoms with Crippen LogP contribution < -0.4 is 4.74 Å². The zero-order chi connectivity index (χ0) is 19.5. The molecule has 0 amide bonds. The standard InChI is InChI=1S/C23H28N2O3/c1-17-23(18-6-4-3-5-7-18)20-15-21(27-2)19(14-22(20)28-17)16-25-10-8-24(9-11-25)12-13-26/h3-7,14-15,26H,8-13,16H2,1-2H3. The fraction of sp³-hybridized carbons (Fsp3) is 0.391. The van der Waals surface area contributed by atoms with Gasteiger partial charge >= 0.3 is 0 Å². The van der Waals surface area contributed by atoms with Crippen molar-refractivity contribution in [2.45, 2.75) is 13.5 Å². The van der Waals surface area contributed by atoms with E-state index in [1.807, 2.05) is 13.0 Å². The van der Waals surface area contributed by atoms with Gasteiger partial charge in [0.05, 0.1) is 13.7 Å². The molecule has 0 bridgehead atoms. The van der Waals surface area contributed by atoms with Gasteiger partial charge in [-0.2, -0.15) is 0 Å². The van der Waals surface area contributed by atoms with Gasteiger partial charge in [-0.15, -0.1) is 0 Å². The zero-order valence-corrected chi connectivity index (χ0v) is 16.6. The molecule has 4 rings (SSSR count). The highest BCUT2D eigenvalue weighted by Gasteiger charge is 2.20. The Hall–Kier alpha value is -2.34. The maximum atomic E-state index is 9.11. The third-order valence-corrected chi connectivity index (χ3v) is 5.60. The van der Waals surface area contributed by atoms with Crippen molar-refractivity contribution in [2.24, 2.45) is 0 Å². The normalized spacial score (nSPS) is 16.0. The maximum absolute atomic E-state index is 9.11. The first kappa shape index (κ1) is 19.0. The molecule has 28 heavy (non-hydrogen) atoms. The number of aryl methyl sites for hydroxylation is 1. The summed E-state index contributed by atoms with van der Waals surface area (Å²) in [5.74, 6) is 1.83. The van der Waals surface area contributed by atoms with Gasteiger partial charge in [0.25, 0.3) is 0 Å². The Bertz CT molecular complexity index is 928. The molecule has 1 N–H and O–H groups in total. The summed E-state index contributed by atoms with van der Waals surface area (Å²) in [4.78, 5) is 4.74. The fourth-order valence-electron chi connectivity index (χ4n) is 4.12. The summed E-state index contributed by atoms with van der Waals surface area (Å²) in [7, 11) is 1.74. The molecule has 1 aromatic heterocycles. The zero-order valence-electron chi connectivity index (χ0n) is 16.6. The molecular weight excluding hydrogens is 352 g/mol. The molecule has 5 heteroatoms. The predicted octanol–water partition coefficient (Wildman–Crippen LogP) is 3.53. The highest BCUT2D eigenvalue weighted by Crippen LogP contribution is 2.38. The highest BCUT2D eigenvalue weighted by molar-refractivity contribution is 5.97. The SMILES string of the molecule is COc1cc2c(-c3ccccc3)c(C)oc2cc1CN1CCN(CCO)CC1. The summed E-state index contributed by atoms with van der Waals surface area (Å²) < 4.78 is 11.9. The van der Waals surface area contributed by atoms with Crippen molar-refractivity contribution in [2.75, 3.05) is 46.4 Å². The van der Waals surface area contributed by atoms with Gasteiger partial charge in [-0.05, 0) is 24.6 Å². The van der Waals surface area contributed by atoms with Gasteiger partial charge in [0.1, 0.15) is 17.1 Å². The third-order valence-electron chi connectivity index (χ3n) is 5.60. The topological polar surface area (TPSA) is 49.1 Å². The fourth-order valence-corrected chi connectivity index (χ4v) is 4.12. The molecule has 0 aliphatic carbocycles. The number of nitrogens with zero attached hydrogens (tertiary/aromatic N) is 2. The van der Waals surface area contributed by atoms with Crippen molar-refractivity contribution in [1.29, 1.82) is 0 Å². The molecule has 0 unspecified atom stereocenters. The Labute approximate surface area is 166 Å². The number of hydrogen-bond donors (Lipinski definition) is 1. The van der Waals surface area contributed by atoms with Gasteiger partial charge in [-0.1, -0.05) is 30.3 Å². The van der Waals surface area contributed by atoms with Crippen LogP contribution in [0.5, 0.6) is 5.75 Å². The van der Waals surface area contributed by atoms with E-state index in [1.165, 1.54) is 0 Å². The van der Waals surface area contributed by atoms with Crippen LogP contribution in [-0.2, 0) is 6.54 Å². The number of furan rings is 1. The van der Waals surface area contributed by atoms with Gasteiger partial charge < -0.3 is 14.3 Å². The number of ether oxygens (including phenoxy) is 1. The lowest BCUT2D eigenvalue weighted by atomic mass is 10.0. The Morgan fingerprint density at radius 1 is 1.04 bits per heavy atom. The summed E-state index contributed by atoms with van der Waals surface area (Å²) in [5, 5.41) is 10.2. The van der Waals surface area contributed by atoms with Gasteiger partial charge in [-0.25, -0.2) is 0 Å². The number of methoxy groups -OCH3 is 1. The van der Waals surface area contributed by atoms with E-state index in [9.17, 15) is 0 Å². The average molecular weight is 380 g/mol. The second kappa shape index (κ2) is 8.35. The minimum atomic E-state index is 0.228. The van der Waals surface area contributed by atoms with Crippen molar-refractivity contribution >= 4 is 11.0 Å². The molecule has 0 radical (unpaired) electrons.